The van der Waals surface area contributed by atoms with E-state index in [9.17, 15) is 9.18 Å². The van der Waals surface area contributed by atoms with Gasteiger partial charge in [-0.05, 0) is 44.0 Å². The fourth-order valence-electron chi connectivity index (χ4n) is 2.30. The molecule has 1 aromatic carbocycles. The van der Waals surface area contributed by atoms with E-state index in [1.807, 2.05) is 0 Å². The predicted octanol–water partition coefficient (Wildman–Crippen LogP) is 2.78. The summed E-state index contributed by atoms with van der Waals surface area (Å²) >= 11 is 5.89. The zero-order chi connectivity index (χ0) is 15.4. The van der Waals surface area contributed by atoms with Gasteiger partial charge >= 0.3 is 0 Å². The van der Waals surface area contributed by atoms with Gasteiger partial charge in [-0.1, -0.05) is 18.5 Å². The maximum Gasteiger partial charge on any atom is 0.261 e. The molecule has 0 bridgehead atoms. The van der Waals surface area contributed by atoms with Gasteiger partial charge in [0.1, 0.15) is 11.6 Å². The molecule has 4 nitrogen and oxygen atoms in total. The first-order valence-corrected chi connectivity index (χ1v) is 7.48. The van der Waals surface area contributed by atoms with Gasteiger partial charge in [-0.3, -0.25) is 4.79 Å². The van der Waals surface area contributed by atoms with Gasteiger partial charge in [-0.2, -0.15) is 0 Å². The highest BCUT2D eigenvalue weighted by Crippen LogP contribution is 2.25. The minimum Gasteiger partial charge on any atom is -0.479 e. The van der Waals surface area contributed by atoms with Gasteiger partial charge in [-0.15, -0.1) is 12.4 Å². The molecule has 124 valence electrons. The van der Waals surface area contributed by atoms with Crippen LogP contribution in [-0.2, 0) is 4.79 Å². The zero-order valence-electron chi connectivity index (χ0n) is 12.6. The lowest BCUT2D eigenvalue weighted by atomic mass is 9.95. The summed E-state index contributed by atoms with van der Waals surface area (Å²) in [7, 11) is 0. The van der Waals surface area contributed by atoms with Gasteiger partial charge in [0, 0.05) is 12.6 Å². The third-order valence-corrected chi connectivity index (χ3v) is 4.02. The van der Waals surface area contributed by atoms with E-state index in [4.69, 9.17) is 16.3 Å². The van der Waals surface area contributed by atoms with Crippen LogP contribution in [0.5, 0.6) is 5.75 Å². The van der Waals surface area contributed by atoms with Crippen molar-refractivity contribution in [3.8, 4) is 5.75 Å². The molecule has 1 amide bonds. The molecule has 0 aromatic heterocycles. The van der Waals surface area contributed by atoms with Gasteiger partial charge in [-0.25, -0.2) is 4.39 Å². The van der Waals surface area contributed by atoms with E-state index in [0.717, 1.165) is 25.6 Å². The molecule has 3 atom stereocenters. The van der Waals surface area contributed by atoms with Crippen LogP contribution in [0.3, 0.4) is 0 Å². The molecule has 1 saturated heterocycles. The molecule has 1 heterocycles. The van der Waals surface area contributed by atoms with Crippen molar-refractivity contribution in [2.75, 3.05) is 13.1 Å². The van der Waals surface area contributed by atoms with E-state index in [2.05, 4.69) is 17.6 Å². The number of carbonyl (C=O) groups is 1. The summed E-state index contributed by atoms with van der Waals surface area (Å²) in [6.07, 6.45) is 0.339. The monoisotopic (exact) mass is 350 g/mol. The molecule has 0 radical (unpaired) electrons. The Morgan fingerprint density at radius 3 is 2.91 bits per heavy atom. The minimum atomic E-state index is -0.693. The van der Waals surface area contributed by atoms with Crippen molar-refractivity contribution in [2.24, 2.45) is 5.92 Å². The molecule has 3 unspecified atom stereocenters. The number of nitrogens with one attached hydrogen (secondary N) is 2. The van der Waals surface area contributed by atoms with E-state index in [0.29, 0.717) is 11.7 Å². The molecular formula is C15H21Cl2FN2O2. The molecule has 22 heavy (non-hydrogen) atoms. The number of carbonyl (C=O) groups excluding carboxylic acids is 1. The number of halogens is 3. The number of rotatable bonds is 4. The summed E-state index contributed by atoms with van der Waals surface area (Å²) in [5, 5.41) is 6.39. The quantitative estimate of drug-likeness (QED) is 0.877. The first-order valence-electron chi connectivity index (χ1n) is 7.10. The van der Waals surface area contributed by atoms with E-state index >= 15 is 0 Å². The van der Waals surface area contributed by atoms with Crippen LogP contribution < -0.4 is 15.4 Å². The summed E-state index contributed by atoms with van der Waals surface area (Å²) in [4.78, 5) is 12.2. The van der Waals surface area contributed by atoms with Crippen molar-refractivity contribution in [3.05, 3.63) is 29.0 Å². The van der Waals surface area contributed by atoms with Crippen molar-refractivity contribution >= 4 is 29.9 Å². The van der Waals surface area contributed by atoms with Crippen molar-refractivity contribution in [1.29, 1.82) is 0 Å². The van der Waals surface area contributed by atoms with Gasteiger partial charge in [0.05, 0.1) is 5.02 Å². The second kappa shape index (κ2) is 8.56. The number of hydrogen-bond donors (Lipinski definition) is 2. The molecule has 1 aliphatic rings. The largest absolute Gasteiger partial charge is 0.479 e. The maximum atomic E-state index is 13.0. The Hall–Kier alpha value is -1.04. The summed E-state index contributed by atoms with van der Waals surface area (Å²) in [5.74, 6) is 0.0924. The molecule has 0 aliphatic carbocycles. The highest BCUT2D eigenvalue weighted by molar-refractivity contribution is 6.32. The summed E-state index contributed by atoms with van der Waals surface area (Å²) in [5.41, 5.74) is 0. The van der Waals surface area contributed by atoms with Crippen LogP contribution in [0.4, 0.5) is 4.39 Å². The van der Waals surface area contributed by atoms with Gasteiger partial charge < -0.3 is 15.4 Å². The number of piperidine rings is 1. The lowest BCUT2D eigenvalue weighted by Crippen LogP contribution is -2.52. The van der Waals surface area contributed by atoms with Gasteiger partial charge in [0.2, 0.25) is 0 Å². The van der Waals surface area contributed by atoms with E-state index in [1.165, 1.54) is 12.1 Å². The van der Waals surface area contributed by atoms with Crippen molar-refractivity contribution in [3.63, 3.8) is 0 Å². The molecule has 1 aliphatic heterocycles. The van der Waals surface area contributed by atoms with Crippen LogP contribution >= 0.6 is 24.0 Å². The third-order valence-electron chi connectivity index (χ3n) is 3.72. The fourth-order valence-corrected chi connectivity index (χ4v) is 2.51. The molecule has 0 spiro atoms. The molecule has 2 N–H and O–H groups in total. The molecule has 2 rings (SSSR count). The van der Waals surface area contributed by atoms with Gasteiger partial charge in [0.25, 0.3) is 5.91 Å². The Balaban J connectivity index is 0.00000242. The van der Waals surface area contributed by atoms with Crippen LogP contribution in [0.15, 0.2) is 18.2 Å². The standard InChI is InChI=1S/C15H20ClFN2O2.ClH/c1-9-5-6-18-8-13(9)19-15(20)10(2)21-14-4-3-11(17)7-12(14)16;/h3-4,7,9-10,13,18H,5-6,8H2,1-2H3,(H,19,20);1H. The summed E-state index contributed by atoms with van der Waals surface area (Å²) in [6, 6.07) is 3.93. The summed E-state index contributed by atoms with van der Waals surface area (Å²) < 4.78 is 18.5. The zero-order valence-corrected chi connectivity index (χ0v) is 14.1. The number of amides is 1. The normalized spacial score (nSPS) is 22.4. The molecule has 0 saturated carbocycles. The Kier molecular flexibility index (Phi) is 7.39. The average Bonchev–Trinajstić information content (AvgIpc) is 2.44. The Morgan fingerprint density at radius 2 is 2.27 bits per heavy atom. The second-order valence-electron chi connectivity index (χ2n) is 5.42. The maximum absolute atomic E-state index is 13.0. The van der Waals surface area contributed by atoms with Crippen LogP contribution in [0.25, 0.3) is 0 Å². The van der Waals surface area contributed by atoms with Crippen LogP contribution in [0, 0.1) is 11.7 Å². The van der Waals surface area contributed by atoms with Crippen LogP contribution in [-0.4, -0.2) is 31.1 Å². The van der Waals surface area contributed by atoms with Crippen LogP contribution in [0.2, 0.25) is 5.02 Å². The van der Waals surface area contributed by atoms with E-state index in [1.54, 1.807) is 6.92 Å². The highest BCUT2D eigenvalue weighted by Gasteiger charge is 2.25. The Bertz CT molecular complexity index is 516. The summed E-state index contributed by atoms with van der Waals surface area (Å²) in [6.45, 7) is 5.51. The Labute approximate surface area is 141 Å². The SMILES string of the molecule is CC(Oc1ccc(F)cc1Cl)C(=O)NC1CNCCC1C.Cl. The minimum absolute atomic E-state index is 0. The first-order chi connectivity index (χ1) is 9.97. The predicted molar refractivity (Wildman–Crippen MR) is 87.3 cm³/mol. The first kappa shape index (κ1) is 19.0. The lowest BCUT2D eigenvalue weighted by Gasteiger charge is -2.31. The van der Waals surface area contributed by atoms with Crippen LogP contribution in [0.1, 0.15) is 20.3 Å². The van der Waals surface area contributed by atoms with E-state index < -0.39 is 11.9 Å². The topological polar surface area (TPSA) is 50.4 Å². The highest BCUT2D eigenvalue weighted by atomic mass is 35.5. The lowest BCUT2D eigenvalue weighted by molar-refractivity contribution is -0.128. The third kappa shape index (κ3) is 5.00. The Morgan fingerprint density at radius 1 is 1.55 bits per heavy atom. The van der Waals surface area contributed by atoms with Gasteiger partial charge in [0.15, 0.2) is 6.10 Å². The molecule has 1 aromatic rings. The van der Waals surface area contributed by atoms with Crippen molar-refractivity contribution in [1.82, 2.24) is 10.6 Å². The number of hydrogen-bond acceptors (Lipinski definition) is 3. The van der Waals surface area contributed by atoms with Crippen molar-refractivity contribution in [2.45, 2.75) is 32.4 Å². The number of ether oxygens (including phenoxy) is 1. The average molecular weight is 351 g/mol. The van der Waals surface area contributed by atoms with Crippen molar-refractivity contribution < 1.29 is 13.9 Å². The molecule has 1 fully saturated rings. The fraction of sp³-hybridized carbons (Fsp3) is 0.533. The smallest absolute Gasteiger partial charge is 0.261 e. The number of benzene rings is 1. The molecule has 7 heteroatoms. The molecular weight excluding hydrogens is 330 g/mol. The second-order valence-corrected chi connectivity index (χ2v) is 5.83. The van der Waals surface area contributed by atoms with E-state index in [-0.39, 0.29) is 29.4 Å².